The fraction of sp³-hybridized carbons (Fsp3) is 0.250. The molecule has 1 aromatic carbocycles. The second-order valence-electron chi connectivity index (χ2n) is 3.33. The second kappa shape index (κ2) is 6.93. The Labute approximate surface area is 117 Å². The van der Waals surface area contributed by atoms with Crippen molar-refractivity contribution in [1.29, 1.82) is 0 Å². The van der Waals surface area contributed by atoms with E-state index in [1.807, 2.05) is 18.2 Å². The monoisotopic (exact) mass is 361 g/mol. The van der Waals surface area contributed by atoms with Crippen molar-refractivity contribution in [3.63, 3.8) is 0 Å². The maximum atomic E-state index is 11.7. The van der Waals surface area contributed by atoms with Gasteiger partial charge in [0.15, 0.2) is 0 Å². The van der Waals surface area contributed by atoms with Crippen molar-refractivity contribution in [3.05, 3.63) is 45.4 Å². The van der Waals surface area contributed by atoms with Gasteiger partial charge in [-0.15, -0.1) is 6.58 Å². The highest BCUT2D eigenvalue weighted by Crippen LogP contribution is 2.26. The first kappa shape index (κ1) is 14.4. The minimum absolute atomic E-state index is 0.318. The Bertz CT molecular complexity index is 421. The maximum Gasteiger partial charge on any atom is 0.327 e. The van der Waals surface area contributed by atoms with Crippen molar-refractivity contribution in [1.82, 2.24) is 5.32 Å². The van der Waals surface area contributed by atoms with E-state index in [0.717, 1.165) is 14.5 Å². The van der Waals surface area contributed by atoms with Crippen LogP contribution in [0.4, 0.5) is 0 Å². The molecule has 3 nitrogen and oxygen atoms in total. The van der Waals surface area contributed by atoms with Gasteiger partial charge >= 0.3 is 5.97 Å². The Hall–Kier alpha value is -0.650. The molecule has 1 aromatic rings. The summed E-state index contributed by atoms with van der Waals surface area (Å²) in [6.45, 7) is 4.15. The van der Waals surface area contributed by atoms with Crippen LogP contribution in [0.1, 0.15) is 11.6 Å². The molecule has 0 aliphatic carbocycles. The Morgan fingerprint density at radius 2 is 2.24 bits per heavy atom. The summed E-state index contributed by atoms with van der Waals surface area (Å²) in [5.74, 6) is -0.318. The van der Waals surface area contributed by atoms with Gasteiger partial charge in [0.2, 0.25) is 0 Å². The summed E-state index contributed by atoms with van der Waals surface area (Å²) < 4.78 is 6.60. The van der Waals surface area contributed by atoms with Gasteiger partial charge in [0.1, 0.15) is 6.04 Å². The zero-order chi connectivity index (χ0) is 12.8. The number of methoxy groups -OCH3 is 1. The lowest BCUT2D eigenvalue weighted by atomic mass is 10.1. The smallest absolute Gasteiger partial charge is 0.327 e. The van der Waals surface area contributed by atoms with Gasteiger partial charge in [0.05, 0.1) is 7.11 Å². The molecular weight excluding hydrogens is 350 g/mol. The summed E-state index contributed by atoms with van der Waals surface area (Å²) in [6.07, 6.45) is 1.70. The SMILES string of the molecule is C=CCNC(C(=O)OC)c1ccc(Br)c(Br)c1. The topological polar surface area (TPSA) is 38.3 Å². The van der Waals surface area contributed by atoms with Crippen molar-refractivity contribution in [2.75, 3.05) is 13.7 Å². The van der Waals surface area contributed by atoms with E-state index in [-0.39, 0.29) is 5.97 Å². The summed E-state index contributed by atoms with van der Waals surface area (Å²) in [6, 6.07) is 5.14. The molecule has 1 atom stereocenters. The quantitative estimate of drug-likeness (QED) is 0.645. The lowest BCUT2D eigenvalue weighted by Crippen LogP contribution is -2.29. The van der Waals surface area contributed by atoms with E-state index < -0.39 is 6.04 Å². The van der Waals surface area contributed by atoms with Crippen LogP contribution in [0.3, 0.4) is 0 Å². The maximum absolute atomic E-state index is 11.7. The van der Waals surface area contributed by atoms with Crippen LogP contribution < -0.4 is 5.32 Å². The van der Waals surface area contributed by atoms with E-state index >= 15 is 0 Å². The number of halogens is 2. The fourth-order valence-electron chi connectivity index (χ4n) is 1.35. The normalized spacial score (nSPS) is 11.9. The molecule has 1 N–H and O–H groups in total. The predicted molar refractivity (Wildman–Crippen MR) is 74.8 cm³/mol. The van der Waals surface area contributed by atoms with E-state index in [4.69, 9.17) is 4.74 Å². The molecule has 0 aromatic heterocycles. The molecule has 0 amide bonds. The van der Waals surface area contributed by atoms with Crippen LogP contribution >= 0.6 is 31.9 Å². The third kappa shape index (κ3) is 3.94. The molecule has 0 radical (unpaired) electrons. The van der Waals surface area contributed by atoms with Crippen molar-refractivity contribution >= 4 is 37.8 Å². The summed E-state index contributed by atoms with van der Waals surface area (Å²) in [4.78, 5) is 11.7. The molecule has 1 rings (SSSR count). The highest BCUT2D eigenvalue weighted by Gasteiger charge is 2.20. The van der Waals surface area contributed by atoms with Crippen LogP contribution in [-0.4, -0.2) is 19.6 Å². The summed E-state index contributed by atoms with van der Waals surface area (Å²) >= 11 is 6.79. The predicted octanol–water partition coefficient (Wildman–Crippen LogP) is 3.20. The van der Waals surface area contributed by atoms with Crippen LogP contribution in [0, 0.1) is 0 Å². The molecule has 5 heteroatoms. The van der Waals surface area contributed by atoms with Crippen molar-refractivity contribution in [3.8, 4) is 0 Å². The summed E-state index contributed by atoms with van der Waals surface area (Å²) in [7, 11) is 1.37. The Kier molecular flexibility index (Phi) is 5.88. The third-order valence-corrected chi connectivity index (χ3v) is 4.06. The number of carbonyl (C=O) groups is 1. The lowest BCUT2D eigenvalue weighted by Gasteiger charge is -2.16. The minimum atomic E-state index is -0.484. The number of carbonyl (C=O) groups excluding carboxylic acids is 1. The number of hydrogen-bond acceptors (Lipinski definition) is 3. The van der Waals surface area contributed by atoms with Gasteiger partial charge in [-0.1, -0.05) is 12.1 Å². The third-order valence-electron chi connectivity index (χ3n) is 2.18. The average Bonchev–Trinajstić information content (AvgIpc) is 2.33. The summed E-state index contributed by atoms with van der Waals surface area (Å²) in [5, 5.41) is 3.05. The van der Waals surface area contributed by atoms with E-state index in [9.17, 15) is 4.79 Å². The first-order valence-electron chi connectivity index (χ1n) is 4.97. The van der Waals surface area contributed by atoms with Crippen LogP contribution in [0.2, 0.25) is 0 Å². The number of hydrogen-bond donors (Lipinski definition) is 1. The van der Waals surface area contributed by atoms with Gasteiger partial charge in [0, 0.05) is 15.5 Å². The zero-order valence-corrected chi connectivity index (χ0v) is 12.5. The van der Waals surface area contributed by atoms with E-state index in [2.05, 4.69) is 43.8 Å². The molecule has 1 unspecified atom stereocenters. The van der Waals surface area contributed by atoms with E-state index in [1.54, 1.807) is 6.08 Å². The van der Waals surface area contributed by atoms with Crippen molar-refractivity contribution in [2.24, 2.45) is 0 Å². The number of rotatable bonds is 5. The van der Waals surface area contributed by atoms with Gasteiger partial charge in [-0.25, -0.2) is 4.79 Å². The van der Waals surface area contributed by atoms with Crippen LogP contribution in [-0.2, 0) is 9.53 Å². The molecule has 0 saturated carbocycles. The lowest BCUT2D eigenvalue weighted by molar-refractivity contribution is -0.143. The molecule has 0 heterocycles. The van der Waals surface area contributed by atoms with Gasteiger partial charge in [-0.05, 0) is 49.6 Å². The Morgan fingerprint density at radius 3 is 2.76 bits per heavy atom. The Balaban J connectivity index is 2.98. The van der Waals surface area contributed by atoms with E-state index in [0.29, 0.717) is 6.54 Å². The van der Waals surface area contributed by atoms with Crippen LogP contribution in [0.5, 0.6) is 0 Å². The molecule has 0 saturated heterocycles. The fourth-order valence-corrected chi connectivity index (χ4v) is 1.99. The van der Waals surface area contributed by atoms with Crippen molar-refractivity contribution in [2.45, 2.75) is 6.04 Å². The van der Waals surface area contributed by atoms with Gasteiger partial charge in [-0.2, -0.15) is 0 Å². The number of benzene rings is 1. The first-order valence-corrected chi connectivity index (χ1v) is 6.55. The largest absolute Gasteiger partial charge is 0.468 e. The van der Waals surface area contributed by atoms with Crippen LogP contribution in [0.15, 0.2) is 39.8 Å². The molecule has 0 bridgehead atoms. The van der Waals surface area contributed by atoms with Crippen molar-refractivity contribution < 1.29 is 9.53 Å². The molecule has 0 fully saturated rings. The highest BCUT2D eigenvalue weighted by molar-refractivity contribution is 9.13. The number of esters is 1. The van der Waals surface area contributed by atoms with Gasteiger partial charge in [0.25, 0.3) is 0 Å². The number of nitrogens with one attached hydrogen (secondary N) is 1. The molecular formula is C12H13Br2NO2. The average molecular weight is 363 g/mol. The molecule has 0 aliphatic rings. The van der Waals surface area contributed by atoms with E-state index in [1.165, 1.54) is 7.11 Å². The Morgan fingerprint density at radius 1 is 1.53 bits per heavy atom. The molecule has 92 valence electrons. The first-order chi connectivity index (χ1) is 8.10. The van der Waals surface area contributed by atoms with Gasteiger partial charge < -0.3 is 4.74 Å². The molecule has 0 spiro atoms. The molecule has 0 aliphatic heterocycles. The number of ether oxygens (including phenoxy) is 1. The summed E-state index contributed by atoms with van der Waals surface area (Å²) in [5.41, 5.74) is 0.841. The van der Waals surface area contributed by atoms with Crippen LogP contribution in [0.25, 0.3) is 0 Å². The second-order valence-corrected chi connectivity index (χ2v) is 5.04. The standard InChI is InChI=1S/C12H13Br2NO2/c1-3-6-15-11(12(16)17-2)8-4-5-9(13)10(14)7-8/h3-5,7,11,15H,1,6H2,2H3. The molecule has 17 heavy (non-hydrogen) atoms. The zero-order valence-electron chi connectivity index (χ0n) is 9.37. The highest BCUT2D eigenvalue weighted by atomic mass is 79.9. The van der Waals surface area contributed by atoms with Gasteiger partial charge in [-0.3, -0.25) is 5.32 Å². The minimum Gasteiger partial charge on any atom is -0.468 e.